The average Bonchev–Trinajstić information content (AvgIpc) is 2.25. The lowest BCUT2D eigenvalue weighted by Crippen LogP contribution is -2.26. The minimum Gasteiger partial charge on any atom is -0.310 e. The van der Waals surface area contributed by atoms with Crippen LogP contribution in [0.5, 0.6) is 0 Å². The smallest absolute Gasteiger partial charge is 0.123 e. The van der Waals surface area contributed by atoms with Crippen molar-refractivity contribution in [2.75, 3.05) is 12.0 Å². The summed E-state index contributed by atoms with van der Waals surface area (Å²) in [5, 5.41) is 3.32. The standard InChI is InChI=1S/C12H18FNOS/c1-10(7-8-16(2)15)14-9-11-3-5-12(13)6-4-11/h3-6,10,14H,7-9H2,1-2H3/t10-,16+/m0/s1. The van der Waals surface area contributed by atoms with E-state index in [0.717, 1.165) is 24.3 Å². The van der Waals surface area contributed by atoms with Crippen LogP contribution in [0.4, 0.5) is 4.39 Å². The zero-order chi connectivity index (χ0) is 12.0. The predicted molar refractivity (Wildman–Crippen MR) is 66.3 cm³/mol. The van der Waals surface area contributed by atoms with Gasteiger partial charge in [-0.25, -0.2) is 4.39 Å². The van der Waals surface area contributed by atoms with Crippen LogP contribution in [0.25, 0.3) is 0 Å². The van der Waals surface area contributed by atoms with E-state index in [1.54, 1.807) is 18.4 Å². The second-order valence-electron chi connectivity index (χ2n) is 3.97. The molecule has 0 saturated carbocycles. The first kappa shape index (κ1) is 13.3. The number of benzene rings is 1. The Labute approximate surface area is 98.7 Å². The van der Waals surface area contributed by atoms with Gasteiger partial charge in [-0.15, -0.1) is 0 Å². The maximum absolute atomic E-state index is 12.6. The van der Waals surface area contributed by atoms with Gasteiger partial charge in [0.05, 0.1) is 0 Å². The van der Waals surface area contributed by atoms with Gasteiger partial charge in [0.15, 0.2) is 0 Å². The highest BCUT2D eigenvalue weighted by molar-refractivity contribution is 7.84. The number of rotatable bonds is 6. The highest BCUT2D eigenvalue weighted by Crippen LogP contribution is 2.03. The summed E-state index contributed by atoms with van der Waals surface area (Å²) in [6.07, 6.45) is 2.61. The normalized spacial score (nSPS) is 14.7. The molecule has 0 heterocycles. The maximum Gasteiger partial charge on any atom is 0.123 e. The number of hydrogen-bond donors (Lipinski definition) is 1. The SMILES string of the molecule is C[C@@H](CC[S@@](C)=O)NCc1ccc(F)cc1. The fourth-order valence-electron chi connectivity index (χ4n) is 1.34. The Balaban J connectivity index is 2.28. The Morgan fingerprint density at radius 1 is 1.38 bits per heavy atom. The molecule has 0 aliphatic carbocycles. The molecule has 4 heteroatoms. The first-order valence-corrected chi connectivity index (χ1v) is 7.08. The van der Waals surface area contributed by atoms with Crippen molar-refractivity contribution >= 4 is 10.8 Å². The van der Waals surface area contributed by atoms with Crippen molar-refractivity contribution in [2.24, 2.45) is 0 Å². The van der Waals surface area contributed by atoms with E-state index in [4.69, 9.17) is 0 Å². The topological polar surface area (TPSA) is 29.1 Å². The van der Waals surface area contributed by atoms with E-state index in [-0.39, 0.29) is 5.82 Å². The fraction of sp³-hybridized carbons (Fsp3) is 0.500. The van der Waals surface area contributed by atoms with E-state index >= 15 is 0 Å². The number of halogens is 1. The fourth-order valence-corrected chi connectivity index (χ4v) is 2.02. The molecule has 0 aliphatic heterocycles. The lowest BCUT2D eigenvalue weighted by molar-refractivity contribution is 0.534. The van der Waals surface area contributed by atoms with E-state index in [1.165, 1.54) is 12.1 Å². The Kier molecular flexibility index (Phi) is 5.63. The zero-order valence-corrected chi connectivity index (χ0v) is 10.5. The molecule has 0 fully saturated rings. The van der Waals surface area contributed by atoms with E-state index < -0.39 is 10.8 Å². The Bertz CT molecular complexity index is 339. The van der Waals surface area contributed by atoms with Crippen molar-refractivity contribution in [3.05, 3.63) is 35.6 Å². The van der Waals surface area contributed by atoms with Crippen molar-refractivity contribution < 1.29 is 8.60 Å². The minimum atomic E-state index is -0.727. The second kappa shape index (κ2) is 6.76. The number of hydrogen-bond acceptors (Lipinski definition) is 2. The van der Waals surface area contributed by atoms with Gasteiger partial charge in [-0.2, -0.15) is 0 Å². The molecule has 1 rings (SSSR count). The third-order valence-corrected chi connectivity index (χ3v) is 3.22. The summed E-state index contributed by atoms with van der Waals surface area (Å²) in [5.41, 5.74) is 1.06. The molecular formula is C12H18FNOS. The maximum atomic E-state index is 12.6. The molecule has 90 valence electrons. The monoisotopic (exact) mass is 243 g/mol. The molecule has 0 radical (unpaired) electrons. The van der Waals surface area contributed by atoms with E-state index in [9.17, 15) is 8.60 Å². The van der Waals surface area contributed by atoms with Gasteiger partial charge in [-0.3, -0.25) is 4.21 Å². The van der Waals surface area contributed by atoms with Crippen LogP contribution >= 0.6 is 0 Å². The Morgan fingerprint density at radius 3 is 2.56 bits per heavy atom. The van der Waals surface area contributed by atoms with Crippen LogP contribution in [0.3, 0.4) is 0 Å². The largest absolute Gasteiger partial charge is 0.310 e. The van der Waals surface area contributed by atoms with Crippen molar-refractivity contribution in [1.82, 2.24) is 5.32 Å². The predicted octanol–water partition coefficient (Wildman–Crippen LogP) is 2.07. The lowest BCUT2D eigenvalue weighted by Gasteiger charge is -2.12. The van der Waals surface area contributed by atoms with Crippen LogP contribution in [0.2, 0.25) is 0 Å². The molecular weight excluding hydrogens is 225 g/mol. The molecule has 0 unspecified atom stereocenters. The second-order valence-corrected chi connectivity index (χ2v) is 5.53. The van der Waals surface area contributed by atoms with Crippen molar-refractivity contribution in [2.45, 2.75) is 25.9 Å². The quantitative estimate of drug-likeness (QED) is 0.828. The van der Waals surface area contributed by atoms with E-state index in [0.29, 0.717) is 6.04 Å². The first-order chi connectivity index (χ1) is 7.58. The molecule has 0 aliphatic rings. The molecule has 0 amide bonds. The minimum absolute atomic E-state index is 0.210. The third-order valence-electron chi connectivity index (χ3n) is 2.41. The van der Waals surface area contributed by atoms with Gasteiger partial charge in [0, 0.05) is 35.4 Å². The summed E-state index contributed by atoms with van der Waals surface area (Å²) in [6.45, 7) is 2.79. The zero-order valence-electron chi connectivity index (χ0n) is 9.70. The summed E-state index contributed by atoms with van der Waals surface area (Å²) in [7, 11) is -0.727. The van der Waals surface area contributed by atoms with Gasteiger partial charge in [0.25, 0.3) is 0 Å². The van der Waals surface area contributed by atoms with Crippen LogP contribution < -0.4 is 5.32 Å². The molecule has 1 aromatic rings. The van der Waals surface area contributed by atoms with Gasteiger partial charge in [0.2, 0.25) is 0 Å². The van der Waals surface area contributed by atoms with Gasteiger partial charge >= 0.3 is 0 Å². The van der Waals surface area contributed by atoms with Crippen molar-refractivity contribution in [3.8, 4) is 0 Å². The van der Waals surface area contributed by atoms with Gasteiger partial charge in [0.1, 0.15) is 5.82 Å². The molecule has 2 atom stereocenters. The molecule has 0 saturated heterocycles. The summed E-state index contributed by atoms with van der Waals surface area (Å²) >= 11 is 0. The molecule has 2 nitrogen and oxygen atoms in total. The first-order valence-electron chi connectivity index (χ1n) is 5.36. The Morgan fingerprint density at radius 2 is 2.00 bits per heavy atom. The summed E-state index contributed by atoms with van der Waals surface area (Å²) in [5.74, 6) is 0.510. The van der Waals surface area contributed by atoms with Crippen molar-refractivity contribution in [1.29, 1.82) is 0 Å². The molecule has 0 aromatic heterocycles. The summed E-state index contributed by atoms with van der Waals surface area (Å²) in [4.78, 5) is 0. The third kappa shape index (κ3) is 5.37. The van der Waals surface area contributed by atoms with Crippen LogP contribution in [-0.2, 0) is 17.3 Å². The van der Waals surface area contributed by atoms with Gasteiger partial charge in [-0.1, -0.05) is 12.1 Å². The van der Waals surface area contributed by atoms with Crippen LogP contribution in [0.15, 0.2) is 24.3 Å². The molecule has 16 heavy (non-hydrogen) atoms. The highest BCUT2D eigenvalue weighted by Gasteiger charge is 2.02. The highest BCUT2D eigenvalue weighted by atomic mass is 32.2. The Hall–Kier alpha value is -0.740. The summed E-state index contributed by atoms with van der Waals surface area (Å²) in [6, 6.07) is 6.79. The van der Waals surface area contributed by atoms with Crippen LogP contribution in [-0.4, -0.2) is 22.3 Å². The van der Waals surface area contributed by atoms with E-state index in [2.05, 4.69) is 12.2 Å². The lowest BCUT2D eigenvalue weighted by atomic mass is 10.2. The van der Waals surface area contributed by atoms with Crippen LogP contribution in [0.1, 0.15) is 18.9 Å². The number of nitrogens with one attached hydrogen (secondary N) is 1. The molecule has 1 N–H and O–H groups in total. The summed E-state index contributed by atoms with van der Waals surface area (Å²) < 4.78 is 23.5. The van der Waals surface area contributed by atoms with Crippen molar-refractivity contribution in [3.63, 3.8) is 0 Å². The molecule has 1 aromatic carbocycles. The van der Waals surface area contributed by atoms with E-state index in [1.807, 2.05) is 0 Å². The molecule has 0 bridgehead atoms. The van der Waals surface area contributed by atoms with Gasteiger partial charge in [-0.05, 0) is 31.0 Å². The average molecular weight is 243 g/mol. The van der Waals surface area contributed by atoms with Gasteiger partial charge < -0.3 is 5.32 Å². The van der Waals surface area contributed by atoms with Crippen LogP contribution in [0, 0.1) is 5.82 Å². The molecule has 0 spiro atoms.